The lowest BCUT2D eigenvalue weighted by Crippen LogP contribution is -2.61. The molecule has 11 nitrogen and oxygen atoms in total. The molecule has 11 heteroatoms. The molecule has 0 radical (unpaired) electrons. The number of aromatic nitrogens is 2. The summed E-state index contributed by atoms with van der Waals surface area (Å²) in [5.74, 6) is 1.35. The van der Waals surface area contributed by atoms with Crippen LogP contribution in [0.5, 0.6) is 0 Å². The molecule has 1 aromatic carbocycles. The van der Waals surface area contributed by atoms with Crippen LogP contribution in [-0.2, 0) is 11.3 Å². The molecule has 37 heavy (non-hydrogen) atoms. The molecule has 3 aliphatic rings. The number of hydrogen-bond donors (Lipinski definition) is 3. The Morgan fingerprint density at radius 2 is 1.76 bits per heavy atom. The van der Waals surface area contributed by atoms with Crippen LogP contribution in [0.15, 0.2) is 41.3 Å². The molecule has 1 saturated carbocycles. The number of amides is 3. The fraction of sp³-hybridized carbons (Fsp3) is 0.538. The third-order valence-electron chi connectivity index (χ3n) is 7.72. The summed E-state index contributed by atoms with van der Waals surface area (Å²) in [4.78, 5) is 47.8. The molecule has 2 aromatic rings. The van der Waals surface area contributed by atoms with E-state index < -0.39 is 11.2 Å². The third kappa shape index (κ3) is 5.25. The normalized spacial score (nSPS) is 25.6. The first kappa shape index (κ1) is 25.4. The zero-order chi connectivity index (χ0) is 26.5. The number of nitrogens with two attached hydrogens (primary N) is 2. The standard InChI is InChI=1S/C26H36N8O3/c1-16-12-32(10-11-33(16)23(35)26(2,3)28)24(36)29-21-8-9-34(25(37)30-21)18-6-4-17(5-7-18)13-31-14-19-20(15-31)22(19)27/h4-9,16,19-20,22H,10-15,27-28H2,1-3H3,(H,29,30,36,37)/t16-,19?,20?,22?/m1/s1. The molecule has 2 saturated heterocycles. The number of carbonyl (C=O) groups excluding carboxylic acids is 2. The van der Waals surface area contributed by atoms with Gasteiger partial charge in [0.1, 0.15) is 5.82 Å². The van der Waals surface area contributed by atoms with Crippen LogP contribution in [0.2, 0.25) is 0 Å². The van der Waals surface area contributed by atoms with Crippen LogP contribution in [0.25, 0.3) is 5.69 Å². The molecule has 2 aliphatic heterocycles. The molecule has 5 rings (SSSR count). The lowest BCUT2D eigenvalue weighted by Gasteiger charge is -2.42. The van der Waals surface area contributed by atoms with Crippen molar-refractivity contribution in [2.45, 2.75) is 44.9 Å². The summed E-state index contributed by atoms with van der Waals surface area (Å²) < 4.78 is 1.45. The molecule has 0 spiro atoms. The minimum atomic E-state index is -0.963. The summed E-state index contributed by atoms with van der Waals surface area (Å²) in [7, 11) is 0. The van der Waals surface area contributed by atoms with Crippen molar-refractivity contribution in [3.63, 3.8) is 0 Å². The highest BCUT2D eigenvalue weighted by Gasteiger charge is 2.53. The summed E-state index contributed by atoms with van der Waals surface area (Å²) in [6.45, 7) is 9.36. The second-order valence-electron chi connectivity index (χ2n) is 11.2. The van der Waals surface area contributed by atoms with E-state index in [1.54, 1.807) is 35.9 Å². The Hall–Kier alpha value is -3.28. The van der Waals surface area contributed by atoms with E-state index in [0.29, 0.717) is 43.2 Å². The Bertz CT molecular complexity index is 1230. The van der Waals surface area contributed by atoms with E-state index >= 15 is 0 Å². The van der Waals surface area contributed by atoms with Crippen molar-refractivity contribution in [3.8, 4) is 5.69 Å². The second kappa shape index (κ2) is 9.55. The number of nitrogens with zero attached hydrogens (tertiary/aromatic N) is 5. The van der Waals surface area contributed by atoms with Gasteiger partial charge in [-0.1, -0.05) is 12.1 Å². The molecule has 2 unspecified atom stereocenters. The molecular weight excluding hydrogens is 472 g/mol. The molecule has 198 valence electrons. The van der Waals surface area contributed by atoms with E-state index in [4.69, 9.17) is 11.5 Å². The Morgan fingerprint density at radius 3 is 2.35 bits per heavy atom. The van der Waals surface area contributed by atoms with E-state index in [-0.39, 0.29) is 23.8 Å². The van der Waals surface area contributed by atoms with Crippen LogP contribution in [0.3, 0.4) is 0 Å². The molecule has 3 amide bonds. The monoisotopic (exact) mass is 508 g/mol. The van der Waals surface area contributed by atoms with E-state index in [2.05, 4.69) is 15.2 Å². The van der Waals surface area contributed by atoms with Crippen molar-refractivity contribution in [1.82, 2.24) is 24.3 Å². The number of carbonyl (C=O) groups is 2. The van der Waals surface area contributed by atoms with Crippen LogP contribution in [0.1, 0.15) is 26.3 Å². The first-order chi connectivity index (χ1) is 17.5. The largest absolute Gasteiger partial charge is 0.354 e. The van der Waals surface area contributed by atoms with Gasteiger partial charge >= 0.3 is 11.7 Å². The number of hydrogen-bond acceptors (Lipinski definition) is 7. The molecule has 1 aromatic heterocycles. The number of likely N-dealkylation sites (tertiary alicyclic amines) is 1. The zero-order valence-electron chi connectivity index (χ0n) is 21.6. The van der Waals surface area contributed by atoms with Gasteiger partial charge in [-0.05, 0) is 56.4 Å². The molecule has 0 bridgehead atoms. The fourth-order valence-corrected chi connectivity index (χ4v) is 5.48. The third-order valence-corrected chi connectivity index (χ3v) is 7.72. The summed E-state index contributed by atoms with van der Waals surface area (Å²) in [5, 5.41) is 2.71. The molecule has 3 fully saturated rings. The lowest BCUT2D eigenvalue weighted by atomic mass is 10.0. The minimum Gasteiger partial charge on any atom is -0.335 e. The van der Waals surface area contributed by atoms with E-state index in [0.717, 1.165) is 19.6 Å². The number of urea groups is 1. The van der Waals surface area contributed by atoms with Crippen molar-refractivity contribution in [2.24, 2.45) is 23.3 Å². The van der Waals surface area contributed by atoms with Gasteiger partial charge in [-0.2, -0.15) is 4.98 Å². The van der Waals surface area contributed by atoms with Gasteiger partial charge < -0.3 is 21.3 Å². The van der Waals surface area contributed by atoms with Gasteiger partial charge in [0.2, 0.25) is 5.91 Å². The van der Waals surface area contributed by atoms with Crippen molar-refractivity contribution in [2.75, 3.05) is 38.0 Å². The molecule has 3 atom stereocenters. The summed E-state index contributed by atoms with van der Waals surface area (Å²) in [6.07, 6.45) is 1.61. The number of benzene rings is 1. The average Bonchev–Trinajstić information content (AvgIpc) is 3.23. The maximum absolute atomic E-state index is 12.8. The van der Waals surface area contributed by atoms with E-state index in [9.17, 15) is 14.4 Å². The molecule has 3 heterocycles. The maximum Gasteiger partial charge on any atom is 0.354 e. The number of anilines is 1. The molecular formula is C26H36N8O3. The van der Waals surface area contributed by atoms with Crippen LogP contribution in [-0.4, -0.2) is 86.5 Å². The first-order valence-electron chi connectivity index (χ1n) is 12.8. The predicted octanol–water partition coefficient (Wildman–Crippen LogP) is 0.423. The van der Waals surface area contributed by atoms with Gasteiger partial charge in [0, 0.05) is 57.5 Å². The number of fused-ring (bicyclic) bond motifs is 1. The number of piperazine rings is 1. The molecule has 5 N–H and O–H groups in total. The Balaban J connectivity index is 1.17. The fourth-order valence-electron chi connectivity index (χ4n) is 5.48. The summed E-state index contributed by atoms with van der Waals surface area (Å²) >= 11 is 0. The molecule has 1 aliphatic carbocycles. The van der Waals surface area contributed by atoms with E-state index in [1.165, 1.54) is 10.1 Å². The lowest BCUT2D eigenvalue weighted by molar-refractivity contribution is -0.139. The second-order valence-corrected chi connectivity index (χ2v) is 11.2. The summed E-state index contributed by atoms with van der Waals surface area (Å²) in [5.41, 5.74) is 12.4. The minimum absolute atomic E-state index is 0.143. The smallest absolute Gasteiger partial charge is 0.335 e. The van der Waals surface area contributed by atoms with Crippen LogP contribution >= 0.6 is 0 Å². The van der Waals surface area contributed by atoms with Gasteiger partial charge in [0.15, 0.2) is 0 Å². The van der Waals surface area contributed by atoms with E-state index in [1.807, 2.05) is 31.2 Å². The van der Waals surface area contributed by atoms with Crippen molar-refractivity contribution in [1.29, 1.82) is 0 Å². The maximum atomic E-state index is 12.8. The average molecular weight is 509 g/mol. The van der Waals surface area contributed by atoms with Gasteiger partial charge in [0.05, 0.1) is 11.2 Å². The van der Waals surface area contributed by atoms with Crippen molar-refractivity contribution >= 4 is 17.8 Å². The topological polar surface area (TPSA) is 143 Å². The Labute approximate surface area is 216 Å². The van der Waals surface area contributed by atoms with Crippen molar-refractivity contribution < 1.29 is 9.59 Å². The SMILES string of the molecule is C[C@@H]1CN(C(=O)Nc2ccn(-c3ccc(CN4CC5C(N)C5C4)cc3)c(=O)n2)CCN1C(=O)C(C)(C)N. The van der Waals surface area contributed by atoms with Gasteiger partial charge in [0.25, 0.3) is 0 Å². The number of piperidine rings is 1. The van der Waals surface area contributed by atoms with Gasteiger partial charge in [-0.15, -0.1) is 0 Å². The number of nitrogens with one attached hydrogen (secondary N) is 1. The van der Waals surface area contributed by atoms with Gasteiger partial charge in [-0.3, -0.25) is 19.6 Å². The quantitative estimate of drug-likeness (QED) is 0.531. The highest BCUT2D eigenvalue weighted by atomic mass is 16.2. The Kier molecular flexibility index (Phi) is 6.55. The van der Waals surface area contributed by atoms with Crippen molar-refractivity contribution in [3.05, 3.63) is 52.6 Å². The zero-order valence-corrected chi connectivity index (χ0v) is 21.6. The van der Waals surface area contributed by atoms with Crippen LogP contribution in [0.4, 0.5) is 10.6 Å². The Morgan fingerprint density at radius 1 is 1.08 bits per heavy atom. The highest BCUT2D eigenvalue weighted by molar-refractivity contribution is 5.89. The predicted molar refractivity (Wildman–Crippen MR) is 140 cm³/mol. The summed E-state index contributed by atoms with van der Waals surface area (Å²) in [6, 6.07) is 9.32. The number of rotatable bonds is 5. The van der Waals surface area contributed by atoms with Gasteiger partial charge in [-0.25, -0.2) is 9.59 Å². The van der Waals surface area contributed by atoms with Crippen LogP contribution in [0, 0.1) is 11.8 Å². The van der Waals surface area contributed by atoms with Crippen LogP contribution < -0.4 is 22.5 Å². The first-order valence-corrected chi connectivity index (χ1v) is 12.8. The highest BCUT2D eigenvalue weighted by Crippen LogP contribution is 2.44.